The summed E-state index contributed by atoms with van der Waals surface area (Å²) in [5.41, 5.74) is 0. The Morgan fingerprint density at radius 2 is 2.18 bits per heavy atom. The lowest BCUT2D eigenvalue weighted by atomic mass is 10.1. The van der Waals surface area contributed by atoms with Crippen LogP contribution in [0.2, 0.25) is 0 Å². The normalized spacial score (nSPS) is 21.5. The molecule has 0 bridgehead atoms. The first-order chi connectivity index (χ1) is 10.5. The number of carbonyl (C=O) groups is 2. The second kappa shape index (κ2) is 6.06. The van der Waals surface area contributed by atoms with Crippen LogP contribution in [0, 0.1) is 5.92 Å². The fraction of sp³-hybridized carbons (Fsp3) is 0.733. The molecule has 0 unspecified atom stereocenters. The van der Waals surface area contributed by atoms with E-state index in [1.54, 1.807) is 16.8 Å². The fourth-order valence-electron chi connectivity index (χ4n) is 2.59. The van der Waals surface area contributed by atoms with Gasteiger partial charge in [-0.3, -0.25) is 9.59 Å². The van der Waals surface area contributed by atoms with Crippen LogP contribution in [0.15, 0.2) is 4.52 Å². The van der Waals surface area contributed by atoms with Crippen LogP contribution in [-0.2, 0) is 16.0 Å². The summed E-state index contributed by atoms with van der Waals surface area (Å²) >= 11 is 0. The van der Waals surface area contributed by atoms with E-state index >= 15 is 0 Å². The maximum atomic E-state index is 12.2. The van der Waals surface area contributed by atoms with Crippen LogP contribution < -0.4 is 0 Å². The predicted molar refractivity (Wildman–Crippen MR) is 78.0 cm³/mol. The molecule has 1 aromatic rings. The number of nitrogens with zero attached hydrogens (tertiary/aromatic N) is 4. The fourth-order valence-corrected chi connectivity index (χ4v) is 2.59. The Kier molecular flexibility index (Phi) is 4.13. The minimum atomic E-state index is -0.0478. The van der Waals surface area contributed by atoms with Gasteiger partial charge in [-0.1, -0.05) is 12.1 Å². The molecular formula is C15H22N4O3. The van der Waals surface area contributed by atoms with Gasteiger partial charge in [-0.05, 0) is 19.3 Å². The molecule has 7 nitrogen and oxygen atoms in total. The lowest BCUT2D eigenvalue weighted by Gasteiger charge is -2.21. The van der Waals surface area contributed by atoms with E-state index in [0.717, 1.165) is 25.2 Å². The SMILES string of the molecule is C[C@H]1CCN(CC(=O)N(C)CCc2noc(C3CC3)n2)C1=O. The van der Waals surface area contributed by atoms with Gasteiger partial charge in [0, 0.05) is 38.4 Å². The molecule has 7 heteroatoms. The zero-order valence-corrected chi connectivity index (χ0v) is 13.1. The average molecular weight is 306 g/mol. The van der Waals surface area contributed by atoms with Crippen molar-refractivity contribution in [3.63, 3.8) is 0 Å². The lowest BCUT2D eigenvalue weighted by Crippen LogP contribution is -2.40. The van der Waals surface area contributed by atoms with Crippen molar-refractivity contribution in [2.45, 2.75) is 38.5 Å². The predicted octanol–water partition coefficient (Wildman–Crippen LogP) is 0.816. The first kappa shape index (κ1) is 15.0. The molecular weight excluding hydrogens is 284 g/mol. The number of aromatic nitrogens is 2. The van der Waals surface area contributed by atoms with Crippen molar-refractivity contribution in [3.8, 4) is 0 Å². The molecule has 0 aromatic carbocycles. The maximum absolute atomic E-state index is 12.2. The molecule has 0 radical (unpaired) electrons. The quantitative estimate of drug-likeness (QED) is 0.777. The lowest BCUT2D eigenvalue weighted by molar-refractivity contribution is -0.138. The van der Waals surface area contributed by atoms with Crippen LogP contribution in [0.25, 0.3) is 0 Å². The Bertz CT molecular complexity index is 567. The van der Waals surface area contributed by atoms with Crippen LogP contribution in [0.5, 0.6) is 0 Å². The Morgan fingerprint density at radius 3 is 2.82 bits per heavy atom. The summed E-state index contributed by atoms with van der Waals surface area (Å²) < 4.78 is 5.20. The number of amides is 2. The van der Waals surface area contributed by atoms with E-state index in [-0.39, 0.29) is 24.3 Å². The highest BCUT2D eigenvalue weighted by Gasteiger charge is 2.31. The van der Waals surface area contributed by atoms with E-state index in [1.165, 1.54) is 0 Å². The van der Waals surface area contributed by atoms with Gasteiger partial charge in [0.25, 0.3) is 0 Å². The molecule has 22 heavy (non-hydrogen) atoms. The van der Waals surface area contributed by atoms with E-state index < -0.39 is 0 Å². The monoisotopic (exact) mass is 306 g/mol. The molecule has 2 amide bonds. The third-order valence-electron chi connectivity index (χ3n) is 4.40. The van der Waals surface area contributed by atoms with E-state index in [2.05, 4.69) is 10.1 Å². The summed E-state index contributed by atoms with van der Waals surface area (Å²) in [6, 6.07) is 0. The molecule has 2 heterocycles. The highest BCUT2D eigenvalue weighted by Crippen LogP contribution is 2.38. The first-order valence-corrected chi connectivity index (χ1v) is 7.90. The van der Waals surface area contributed by atoms with Crippen molar-refractivity contribution in [3.05, 3.63) is 11.7 Å². The van der Waals surface area contributed by atoms with Crippen molar-refractivity contribution in [2.24, 2.45) is 5.92 Å². The Morgan fingerprint density at radius 1 is 1.41 bits per heavy atom. The second-order valence-electron chi connectivity index (χ2n) is 6.34. The van der Waals surface area contributed by atoms with Gasteiger partial charge in [-0.15, -0.1) is 0 Å². The first-order valence-electron chi connectivity index (χ1n) is 7.90. The molecule has 3 rings (SSSR count). The largest absolute Gasteiger partial charge is 0.344 e. The maximum Gasteiger partial charge on any atom is 0.241 e. The van der Waals surface area contributed by atoms with Gasteiger partial charge >= 0.3 is 0 Å². The van der Waals surface area contributed by atoms with E-state index in [9.17, 15) is 9.59 Å². The molecule has 0 spiro atoms. The van der Waals surface area contributed by atoms with Crippen LogP contribution in [0.1, 0.15) is 43.8 Å². The van der Waals surface area contributed by atoms with Gasteiger partial charge in [0.2, 0.25) is 17.7 Å². The smallest absolute Gasteiger partial charge is 0.241 e. The molecule has 1 aliphatic carbocycles. The molecule has 2 aliphatic rings. The summed E-state index contributed by atoms with van der Waals surface area (Å²) in [7, 11) is 1.74. The highest BCUT2D eigenvalue weighted by atomic mass is 16.5. The van der Waals surface area contributed by atoms with Crippen molar-refractivity contribution in [1.82, 2.24) is 19.9 Å². The van der Waals surface area contributed by atoms with Gasteiger partial charge in [0.15, 0.2) is 5.82 Å². The van der Waals surface area contributed by atoms with Crippen molar-refractivity contribution < 1.29 is 14.1 Å². The Labute approximate surface area is 129 Å². The van der Waals surface area contributed by atoms with Crippen molar-refractivity contribution in [1.29, 1.82) is 0 Å². The van der Waals surface area contributed by atoms with Gasteiger partial charge in [-0.25, -0.2) is 0 Å². The molecule has 1 aliphatic heterocycles. The summed E-state index contributed by atoms with van der Waals surface area (Å²) in [6.45, 7) is 3.28. The van der Waals surface area contributed by atoms with Gasteiger partial charge in [0.1, 0.15) is 0 Å². The number of likely N-dealkylation sites (tertiary alicyclic amines) is 1. The zero-order chi connectivity index (χ0) is 15.7. The van der Waals surface area contributed by atoms with Gasteiger partial charge in [0.05, 0.1) is 6.54 Å². The third kappa shape index (κ3) is 3.28. The van der Waals surface area contributed by atoms with Crippen molar-refractivity contribution >= 4 is 11.8 Å². The number of hydrogen-bond donors (Lipinski definition) is 0. The molecule has 1 atom stereocenters. The molecule has 1 aromatic heterocycles. The molecule has 120 valence electrons. The number of rotatable bonds is 6. The highest BCUT2D eigenvalue weighted by molar-refractivity contribution is 5.86. The van der Waals surface area contributed by atoms with E-state index in [1.807, 2.05) is 6.92 Å². The molecule has 2 fully saturated rings. The average Bonchev–Trinajstić information content (AvgIpc) is 3.18. The van der Waals surface area contributed by atoms with Crippen LogP contribution in [-0.4, -0.2) is 58.4 Å². The minimum Gasteiger partial charge on any atom is -0.344 e. The molecule has 0 N–H and O–H groups in total. The minimum absolute atomic E-state index is 0.0401. The van der Waals surface area contributed by atoms with Crippen LogP contribution in [0.3, 0.4) is 0 Å². The topological polar surface area (TPSA) is 79.5 Å². The number of hydrogen-bond acceptors (Lipinski definition) is 5. The summed E-state index contributed by atoms with van der Waals surface area (Å²) in [6.07, 6.45) is 3.66. The van der Waals surface area contributed by atoms with Crippen molar-refractivity contribution in [2.75, 3.05) is 26.7 Å². The molecule has 1 saturated heterocycles. The zero-order valence-electron chi connectivity index (χ0n) is 13.1. The second-order valence-corrected chi connectivity index (χ2v) is 6.34. The van der Waals surface area contributed by atoms with E-state index in [4.69, 9.17) is 4.52 Å². The van der Waals surface area contributed by atoms with Crippen LogP contribution >= 0.6 is 0 Å². The van der Waals surface area contributed by atoms with E-state index in [0.29, 0.717) is 31.3 Å². The van der Waals surface area contributed by atoms with Gasteiger partial charge in [-0.2, -0.15) is 4.98 Å². The number of likely N-dealkylation sites (N-methyl/N-ethyl adjacent to an activating group) is 1. The third-order valence-corrected chi connectivity index (χ3v) is 4.40. The number of carbonyl (C=O) groups excluding carboxylic acids is 2. The summed E-state index contributed by atoms with van der Waals surface area (Å²) in [5.74, 6) is 1.89. The Hall–Kier alpha value is -1.92. The Balaban J connectivity index is 1.45. The molecule has 1 saturated carbocycles. The van der Waals surface area contributed by atoms with Gasteiger partial charge < -0.3 is 14.3 Å². The summed E-state index contributed by atoms with van der Waals surface area (Å²) in [4.78, 5) is 31.6. The summed E-state index contributed by atoms with van der Waals surface area (Å²) in [5, 5.41) is 3.95. The standard InChI is InChI=1S/C15H22N4O3/c1-10-5-8-19(15(10)21)9-13(20)18(2)7-6-12-16-14(22-17-12)11-3-4-11/h10-11H,3-9H2,1-2H3/t10-/m0/s1. The van der Waals surface area contributed by atoms with Crippen LogP contribution in [0.4, 0.5) is 0 Å².